The van der Waals surface area contributed by atoms with Gasteiger partial charge in [-0.15, -0.1) is 0 Å². The largest absolute Gasteiger partial charge is 0.478 e. The number of benzene rings is 1. The average Bonchev–Trinajstić information content (AvgIpc) is 2.78. The number of aromatic carboxylic acids is 1. The van der Waals surface area contributed by atoms with E-state index in [1.165, 1.54) is 11.8 Å². The van der Waals surface area contributed by atoms with Gasteiger partial charge in [-0.05, 0) is 12.5 Å². The maximum atomic E-state index is 11.1. The number of hydrogen-bond acceptors (Lipinski definition) is 3. The monoisotopic (exact) mass is 259 g/mol. The van der Waals surface area contributed by atoms with Crippen molar-refractivity contribution in [1.82, 2.24) is 15.1 Å². The van der Waals surface area contributed by atoms with Crippen LogP contribution in [0.5, 0.6) is 0 Å². The number of aromatic nitrogens is 2. The first-order valence-corrected chi connectivity index (χ1v) is 6.12. The van der Waals surface area contributed by atoms with Crippen LogP contribution in [0.25, 0.3) is 0 Å². The quantitative estimate of drug-likeness (QED) is 0.861. The Hall–Kier alpha value is -2.14. The molecule has 0 saturated carbocycles. The van der Waals surface area contributed by atoms with Gasteiger partial charge in [0.05, 0.1) is 11.9 Å². The molecule has 0 saturated heterocycles. The number of hydrogen-bond donors (Lipinski definition) is 2. The molecule has 2 N–H and O–H groups in total. The maximum absolute atomic E-state index is 11.1. The highest BCUT2D eigenvalue weighted by Gasteiger charge is 2.15. The second-order valence-corrected chi connectivity index (χ2v) is 4.45. The predicted octanol–water partition coefficient (Wildman–Crippen LogP) is 1.97. The molecular weight excluding hydrogens is 242 g/mol. The molecule has 0 amide bonds. The van der Waals surface area contributed by atoms with Gasteiger partial charge in [0.2, 0.25) is 0 Å². The van der Waals surface area contributed by atoms with Gasteiger partial charge in [-0.3, -0.25) is 4.68 Å². The van der Waals surface area contributed by atoms with Gasteiger partial charge in [-0.25, -0.2) is 4.79 Å². The topological polar surface area (TPSA) is 67.2 Å². The zero-order valence-corrected chi connectivity index (χ0v) is 11.0. The van der Waals surface area contributed by atoms with E-state index in [0.717, 1.165) is 0 Å². The first-order valence-electron chi connectivity index (χ1n) is 6.12. The Balaban J connectivity index is 2.07. The lowest BCUT2D eigenvalue weighted by molar-refractivity contribution is 0.0695. The lowest BCUT2D eigenvalue weighted by Gasteiger charge is -2.14. The summed E-state index contributed by atoms with van der Waals surface area (Å²) < 4.78 is 1.59. The zero-order valence-electron chi connectivity index (χ0n) is 11.0. The van der Waals surface area contributed by atoms with Crippen LogP contribution >= 0.6 is 0 Å². The molecule has 2 rings (SSSR count). The lowest BCUT2D eigenvalue weighted by atomic mass is 10.1. The van der Waals surface area contributed by atoms with Crippen LogP contribution in [0.3, 0.4) is 0 Å². The number of carboxylic acid groups (broad SMARTS) is 1. The van der Waals surface area contributed by atoms with Gasteiger partial charge in [-0.2, -0.15) is 5.10 Å². The number of nitrogens with zero attached hydrogens (tertiary/aromatic N) is 2. The van der Waals surface area contributed by atoms with Crippen molar-refractivity contribution in [2.75, 3.05) is 0 Å². The molecule has 0 unspecified atom stereocenters. The van der Waals surface area contributed by atoms with E-state index in [1.807, 2.05) is 37.3 Å². The Kier molecular flexibility index (Phi) is 3.97. The molecule has 0 bridgehead atoms. The minimum Gasteiger partial charge on any atom is -0.478 e. The summed E-state index contributed by atoms with van der Waals surface area (Å²) in [6, 6.07) is 10.2. The minimum absolute atomic E-state index is 0.151. The predicted molar refractivity (Wildman–Crippen MR) is 71.9 cm³/mol. The standard InChI is InChI=1S/C14H17N3O2/c1-10(11-6-4-3-5-7-11)15-9-13-12(14(18)19)8-16-17(13)2/h3-8,10,15H,9H2,1-2H3,(H,18,19)/t10-/m1/s1. The molecule has 1 heterocycles. The normalized spacial score (nSPS) is 12.3. The first kappa shape index (κ1) is 13.3. The van der Waals surface area contributed by atoms with Gasteiger partial charge in [0, 0.05) is 19.6 Å². The van der Waals surface area contributed by atoms with Gasteiger partial charge in [-0.1, -0.05) is 30.3 Å². The summed E-state index contributed by atoms with van der Waals surface area (Å²) in [5.74, 6) is -0.947. The van der Waals surface area contributed by atoms with Crippen molar-refractivity contribution in [3.05, 3.63) is 53.3 Å². The fraction of sp³-hybridized carbons (Fsp3) is 0.286. The number of rotatable bonds is 5. The molecule has 0 fully saturated rings. The molecule has 100 valence electrons. The van der Waals surface area contributed by atoms with Crippen molar-refractivity contribution in [3.8, 4) is 0 Å². The minimum atomic E-state index is -0.947. The Morgan fingerprint density at radius 1 is 1.42 bits per heavy atom. The second kappa shape index (κ2) is 5.67. The van der Waals surface area contributed by atoms with E-state index >= 15 is 0 Å². The zero-order chi connectivity index (χ0) is 13.8. The number of aryl methyl sites for hydroxylation is 1. The molecule has 0 radical (unpaired) electrons. The Labute approximate surface area is 111 Å². The number of carbonyl (C=O) groups is 1. The van der Waals surface area contributed by atoms with Gasteiger partial charge < -0.3 is 10.4 Å². The SMILES string of the molecule is C[C@@H](NCc1c(C(=O)O)cnn1C)c1ccccc1. The highest BCUT2D eigenvalue weighted by molar-refractivity contribution is 5.88. The van der Waals surface area contributed by atoms with E-state index in [4.69, 9.17) is 5.11 Å². The Morgan fingerprint density at radius 3 is 2.74 bits per heavy atom. The second-order valence-electron chi connectivity index (χ2n) is 4.45. The van der Waals surface area contributed by atoms with Crippen LogP contribution in [-0.2, 0) is 13.6 Å². The van der Waals surface area contributed by atoms with Crippen LogP contribution in [0.15, 0.2) is 36.5 Å². The molecule has 0 aliphatic carbocycles. The summed E-state index contributed by atoms with van der Waals surface area (Å²) in [4.78, 5) is 11.1. The van der Waals surface area contributed by atoms with E-state index in [2.05, 4.69) is 10.4 Å². The molecule has 0 aliphatic rings. The van der Waals surface area contributed by atoms with Gasteiger partial charge in [0.15, 0.2) is 0 Å². The van der Waals surface area contributed by atoms with E-state index in [-0.39, 0.29) is 11.6 Å². The van der Waals surface area contributed by atoms with E-state index in [0.29, 0.717) is 12.2 Å². The molecule has 0 aliphatic heterocycles. The fourth-order valence-electron chi connectivity index (χ4n) is 1.96. The van der Waals surface area contributed by atoms with E-state index in [1.54, 1.807) is 11.7 Å². The van der Waals surface area contributed by atoms with E-state index in [9.17, 15) is 4.79 Å². The van der Waals surface area contributed by atoms with Crippen molar-refractivity contribution >= 4 is 5.97 Å². The number of carboxylic acids is 1. The molecule has 2 aromatic rings. The highest BCUT2D eigenvalue weighted by Crippen LogP contribution is 2.13. The van der Waals surface area contributed by atoms with Crippen LogP contribution in [0, 0.1) is 0 Å². The summed E-state index contributed by atoms with van der Waals surface area (Å²) in [5, 5.41) is 16.4. The van der Waals surface area contributed by atoms with Crippen LogP contribution in [0.1, 0.15) is 34.6 Å². The molecule has 5 heteroatoms. The molecule has 0 spiro atoms. The van der Waals surface area contributed by atoms with Crippen molar-refractivity contribution in [2.45, 2.75) is 19.5 Å². The van der Waals surface area contributed by atoms with Gasteiger partial charge in [0.25, 0.3) is 0 Å². The van der Waals surface area contributed by atoms with Crippen molar-refractivity contribution in [3.63, 3.8) is 0 Å². The van der Waals surface area contributed by atoms with Crippen molar-refractivity contribution in [2.24, 2.45) is 7.05 Å². The molecule has 1 aromatic heterocycles. The third kappa shape index (κ3) is 3.00. The maximum Gasteiger partial charge on any atom is 0.339 e. The molecule has 1 atom stereocenters. The number of nitrogens with one attached hydrogen (secondary N) is 1. The average molecular weight is 259 g/mol. The van der Waals surface area contributed by atoms with E-state index < -0.39 is 5.97 Å². The summed E-state index contributed by atoms with van der Waals surface area (Å²) in [5.41, 5.74) is 2.09. The van der Waals surface area contributed by atoms with Crippen LogP contribution in [0.2, 0.25) is 0 Å². The Bertz CT molecular complexity index is 563. The fourth-order valence-corrected chi connectivity index (χ4v) is 1.96. The molecule has 1 aromatic carbocycles. The summed E-state index contributed by atoms with van der Waals surface area (Å²) in [7, 11) is 1.75. The summed E-state index contributed by atoms with van der Waals surface area (Å²) in [6.07, 6.45) is 1.38. The van der Waals surface area contributed by atoms with Gasteiger partial charge >= 0.3 is 5.97 Å². The van der Waals surface area contributed by atoms with Gasteiger partial charge in [0.1, 0.15) is 5.56 Å². The lowest BCUT2D eigenvalue weighted by Crippen LogP contribution is -2.21. The summed E-state index contributed by atoms with van der Waals surface area (Å²) in [6.45, 7) is 2.51. The first-order chi connectivity index (χ1) is 9.09. The molecule has 19 heavy (non-hydrogen) atoms. The highest BCUT2D eigenvalue weighted by atomic mass is 16.4. The van der Waals surface area contributed by atoms with Crippen LogP contribution in [-0.4, -0.2) is 20.9 Å². The summed E-state index contributed by atoms with van der Waals surface area (Å²) >= 11 is 0. The molecular formula is C14H17N3O2. The van der Waals surface area contributed by atoms with Crippen molar-refractivity contribution in [1.29, 1.82) is 0 Å². The van der Waals surface area contributed by atoms with Crippen LogP contribution < -0.4 is 5.32 Å². The Morgan fingerprint density at radius 2 is 2.11 bits per heavy atom. The third-order valence-electron chi connectivity index (χ3n) is 3.17. The molecule has 5 nitrogen and oxygen atoms in total. The third-order valence-corrected chi connectivity index (χ3v) is 3.17. The van der Waals surface area contributed by atoms with Crippen molar-refractivity contribution < 1.29 is 9.90 Å². The van der Waals surface area contributed by atoms with Crippen LogP contribution in [0.4, 0.5) is 0 Å². The smallest absolute Gasteiger partial charge is 0.339 e.